The van der Waals surface area contributed by atoms with E-state index in [1.54, 1.807) is 0 Å². The molecule has 12 N–H and O–H groups in total. The summed E-state index contributed by atoms with van der Waals surface area (Å²) in [5, 5.41) is 74.1. The highest BCUT2D eigenvalue weighted by atomic mass is 32.2. The second-order valence-electron chi connectivity index (χ2n) is 19.5. The van der Waals surface area contributed by atoms with Crippen molar-refractivity contribution in [2.24, 2.45) is 0 Å². The molecule has 9 rings (SSSR count). The van der Waals surface area contributed by atoms with Gasteiger partial charge in [0.1, 0.15) is 66.5 Å². The number of carbonyl (C=O) groups excluding carboxylic acids is 2. The predicted octanol–water partition coefficient (Wildman–Crippen LogP) is 7.35. The van der Waals surface area contributed by atoms with Crippen LogP contribution in [0, 0.1) is 0 Å². The van der Waals surface area contributed by atoms with Crippen LogP contribution >= 0.6 is 0 Å². The van der Waals surface area contributed by atoms with Crippen LogP contribution in [0.2, 0.25) is 0 Å². The summed E-state index contributed by atoms with van der Waals surface area (Å²) in [4.78, 5) is 22.9. The van der Waals surface area contributed by atoms with Gasteiger partial charge in [0.2, 0.25) is 19.7 Å². The van der Waals surface area contributed by atoms with E-state index < -0.39 is 55.0 Å². The summed E-state index contributed by atoms with van der Waals surface area (Å²) in [5.74, 6) is -0.838. The first-order chi connectivity index (χ1) is 40.3. The molecule has 0 aromatic heterocycles. The van der Waals surface area contributed by atoms with Crippen molar-refractivity contribution in [3.8, 4) is 45.6 Å². The number of nitrogens with two attached hydrogens (primary N) is 1. The highest BCUT2D eigenvalue weighted by molar-refractivity contribution is 7.91. The number of aliphatic hydroxyl groups excluding tert-OH is 2. The predicted molar refractivity (Wildman–Crippen MR) is 313 cm³/mol. The Morgan fingerprint density at radius 1 is 0.583 bits per heavy atom. The molecule has 20 nitrogen and oxygen atoms in total. The maximum absolute atomic E-state index is 13.8. The van der Waals surface area contributed by atoms with E-state index in [0.29, 0.717) is 11.5 Å². The lowest BCUT2D eigenvalue weighted by atomic mass is 9.68. The Labute approximate surface area is 483 Å². The van der Waals surface area contributed by atoms with Crippen LogP contribution in [0.25, 0.3) is 11.1 Å². The van der Waals surface area contributed by atoms with Crippen molar-refractivity contribution in [2.75, 3.05) is 55.8 Å². The van der Waals surface area contributed by atoms with Crippen LogP contribution < -0.4 is 36.5 Å². The number of nitrogen functional groups attached to an aromatic ring is 1. The number of fused-ring (bicyclic) bond motifs is 3. The van der Waals surface area contributed by atoms with Gasteiger partial charge in [0.05, 0.1) is 48.6 Å². The zero-order valence-corrected chi connectivity index (χ0v) is 46.4. The summed E-state index contributed by atoms with van der Waals surface area (Å²) in [6.07, 6.45) is -1.16. The van der Waals surface area contributed by atoms with Crippen LogP contribution in [0.3, 0.4) is 0 Å². The Bertz CT molecular complexity index is 3930. The van der Waals surface area contributed by atoms with Gasteiger partial charge in [0.25, 0.3) is 0 Å². The molecule has 0 bridgehead atoms. The van der Waals surface area contributed by atoms with Gasteiger partial charge < -0.3 is 71.9 Å². The van der Waals surface area contributed by atoms with Crippen molar-refractivity contribution < 1.29 is 71.3 Å². The number of hydrogen-bond donors (Lipinski definition) is 11. The number of amides is 2. The molecular formula is C62H59N5O15S2. The number of phenolic OH excluding ortho intramolecular Hbond substituents is 4. The molecular weight excluding hydrogens is 1120 g/mol. The molecule has 434 valence electrons. The van der Waals surface area contributed by atoms with Crippen molar-refractivity contribution >= 4 is 48.7 Å². The number of esters is 1. The molecule has 0 radical (unpaired) electrons. The van der Waals surface area contributed by atoms with Crippen molar-refractivity contribution in [1.29, 1.82) is 0 Å². The van der Waals surface area contributed by atoms with E-state index in [1.165, 1.54) is 48.5 Å². The number of benzene rings is 8. The van der Waals surface area contributed by atoms with Crippen molar-refractivity contribution in [3.05, 3.63) is 210 Å². The van der Waals surface area contributed by atoms with Crippen LogP contribution in [0.15, 0.2) is 202 Å². The SMILES string of the molecule is C=CC(=O)OCCNC(=O)Nc1cc(S(=O)(=O)c2ccc(O)c(CNCC(O)COc3ccc(C4(c5ccc(OCC(O)CNc6cc(S(=O)(=O)c7ccc(O)c(N)c7)ccc6O)cc5)c5ccccc5-c5ccccc54)cc3)c2)ccc1O. The van der Waals surface area contributed by atoms with Crippen LogP contribution in [0.1, 0.15) is 27.8 Å². The molecule has 84 heavy (non-hydrogen) atoms. The topological polar surface area (TPSA) is 326 Å². The van der Waals surface area contributed by atoms with Gasteiger partial charge in [-0.1, -0.05) is 79.4 Å². The van der Waals surface area contributed by atoms with Gasteiger partial charge in [-0.25, -0.2) is 26.4 Å². The van der Waals surface area contributed by atoms with Crippen molar-refractivity contribution in [1.82, 2.24) is 10.6 Å². The Hall–Kier alpha value is -9.58. The lowest BCUT2D eigenvalue weighted by Gasteiger charge is -2.34. The van der Waals surface area contributed by atoms with Gasteiger partial charge in [-0.3, -0.25) is 0 Å². The molecule has 0 saturated heterocycles. The van der Waals surface area contributed by atoms with Crippen LogP contribution in [-0.2, 0) is 41.2 Å². The van der Waals surface area contributed by atoms with E-state index in [-0.39, 0.29) is 105 Å². The largest absolute Gasteiger partial charge is 0.508 e. The maximum atomic E-state index is 13.8. The maximum Gasteiger partial charge on any atom is 0.330 e. The zero-order chi connectivity index (χ0) is 59.8. The average molecular weight is 1180 g/mol. The van der Waals surface area contributed by atoms with E-state index in [1.807, 2.05) is 72.8 Å². The molecule has 8 aromatic carbocycles. The van der Waals surface area contributed by atoms with E-state index in [2.05, 4.69) is 52.1 Å². The minimum absolute atomic E-state index is 0.000398. The molecule has 0 aliphatic heterocycles. The third-order valence-corrected chi connectivity index (χ3v) is 17.4. The molecule has 0 saturated carbocycles. The molecule has 0 spiro atoms. The number of urea groups is 1. The number of anilines is 3. The number of ether oxygens (including phenoxy) is 3. The third kappa shape index (κ3) is 12.7. The standard InChI is InChI=1S/C62H59N5O15S2/c1-2-60(74)80-28-27-65-61(75)67-55-32-48(22-26-59(55)73)83(76,77)45-19-23-56(70)38(29-45)33-64-34-41(68)36-81-43-15-11-39(12-16-43)62(51-9-5-3-7-49(51)50-8-4-6-10-52(50)62)40-13-17-44(18-14-40)82-37-42(69)35-66-54-31-47(21-25-58(54)72)84(78,79)46-20-24-57(71)53(63)30-46/h2-26,29-32,41-42,64,66,68-73H,1,27-28,33-37,63H2,(H2,65,67,75). The number of nitrogens with one attached hydrogen (secondary N) is 4. The fourth-order valence-electron chi connectivity index (χ4n) is 9.72. The normalized spacial score (nSPS) is 13.1. The first-order valence-corrected chi connectivity index (χ1v) is 29.1. The number of aromatic hydroxyl groups is 4. The second kappa shape index (κ2) is 25.3. The van der Waals surface area contributed by atoms with Gasteiger partial charge in [-0.05, 0) is 130 Å². The lowest BCUT2D eigenvalue weighted by Crippen LogP contribution is -2.32. The molecule has 8 aromatic rings. The summed E-state index contributed by atoms with van der Waals surface area (Å²) in [6.45, 7) is 2.64. The molecule has 1 aliphatic rings. The molecule has 2 unspecified atom stereocenters. The molecule has 2 atom stereocenters. The number of carbonyl (C=O) groups is 2. The fraction of sp³-hybridized carbons (Fsp3) is 0.161. The Morgan fingerprint density at radius 3 is 1.61 bits per heavy atom. The molecule has 0 fully saturated rings. The summed E-state index contributed by atoms with van der Waals surface area (Å²) in [5.41, 5.74) is 11.0. The van der Waals surface area contributed by atoms with Gasteiger partial charge >= 0.3 is 12.0 Å². The number of aliphatic hydroxyl groups is 2. The van der Waals surface area contributed by atoms with Crippen LogP contribution in [-0.4, -0.2) is 111 Å². The average Bonchev–Trinajstić information content (AvgIpc) is 1.57. The number of hydrogen-bond acceptors (Lipinski definition) is 18. The van der Waals surface area contributed by atoms with E-state index >= 15 is 0 Å². The smallest absolute Gasteiger partial charge is 0.330 e. The van der Waals surface area contributed by atoms with E-state index in [4.69, 9.17) is 19.9 Å². The fourth-order valence-corrected chi connectivity index (χ4v) is 12.4. The Morgan fingerprint density at radius 2 is 1.06 bits per heavy atom. The summed E-state index contributed by atoms with van der Waals surface area (Å²) in [6, 6.07) is 45.1. The van der Waals surface area contributed by atoms with E-state index in [0.717, 1.165) is 63.7 Å². The minimum Gasteiger partial charge on any atom is -0.508 e. The minimum atomic E-state index is -4.25. The van der Waals surface area contributed by atoms with Gasteiger partial charge in [0, 0.05) is 31.3 Å². The Kier molecular flexibility index (Phi) is 17.8. The van der Waals surface area contributed by atoms with Crippen molar-refractivity contribution in [2.45, 2.75) is 43.7 Å². The second-order valence-corrected chi connectivity index (χ2v) is 23.4. The molecule has 22 heteroatoms. The number of sulfone groups is 2. The number of rotatable bonds is 24. The summed E-state index contributed by atoms with van der Waals surface area (Å²) in [7, 11) is -8.33. The molecule has 0 heterocycles. The first-order valence-electron chi connectivity index (χ1n) is 26.2. The summed E-state index contributed by atoms with van der Waals surface area (Å²) >= 11 is 0. The zero-order valence-electron chi connectivity index (χ0n) is 44.8. The molecule has 2 amide bonds. The van der Waals surface area contributed by atoms with Crippen LogP contribution in [0.5, 0.6) is 34.5 Å². The first kappa shape index (κ1) is 59.1. The molecule has 1 aliphatic carbocycles. The van der Waals surface area contributed by atoms with Gasteiger partial charge in [-0.2, -0.15) is 0 Å². The van der Waals surface area contributed by atoms with Gasteiger partial charge in [-0.15, -0.1) is 0 Å². The Balaban J connectivity index is 0.824. The van der Waals surface area contributed by atoms with Crippen molar-refractivity contribution in [3.63, 3.8) is 0 Å². The number of phenols is 4. The van der Waals surface area contributed by atoms with Gasteiger partial charge in [0.15, 0.2) is 0 Å². The lowest BCUT2D eigenvalue weighted by molar-refractivity contribution is -0.137. The monoisotopic (exact) mass is 1180 g/mol. The highest BCUT2D eigenvalue weighted by Crippen LogP contribution is 2.56. The summed E-state index contributed by atoms with van der Waals surface area (Å²) < 4.78 is 71.1. The third-order valence-electron chi connectivity index (χ3n) is 13.9. The quantitative estimate of drug-likeness (QED) is 0.00926. The van der Waals surface area contributed by atoms with Crippen LogP contribution in [0.4, 0.5) is 21.9 Å². The highest BCUT2D eigenvalue weighted by Gasteiger charge is 2.46. The van der Waals surface area contributed by atoms with E-state index in [9.17, 15) is 57.1 Å².